The van der Waals surface area contributed by atoms with Gasteiger partial charge in [0, 0.05) is 22.7 Å². The molecular weight excluding hydrogens is 224 g/mol. The van der Waals surface area contributed by atoms with E-state index >= 15 is 0 Å². The van der Waals surface area contributed by atoms with Crippen LogP contribution in [-0.4, -0.2) is 4.92 Å². The van der Waals surface area contributed by atoms with Crippen molar-refractivity contribution in [3.05, 3.63) is 38.3 Å². The van der Waals surface area contributed by atoms with Crippen molar-refractivity contribution in [2.45, 2.75) is 0 Å². The van der Waals surface area contributed by atoms with Crippen LogP contribution in [-0.2, 0) is 0 Å². The first-order valence-corrected chi connectivity index (χ1v) is 3.70. The normalized spacial score (nSPS) is 9.00. The molecule has 0 N–H and O–H groups in total. The molecule has 5 heteroatoms. The Morgan fingerprint density at radius 2 is 2.33 bits per heavy atom. The number of nitrogens with zero attached hydrogens (tertiary/aromatic N) is 2. The molecule has 1 aromatic carbocycles. The van der Waals surface area contributed by atoms with Gasteiger partial charge in [-0.3, -0.25) is 10.1 Å². The van der Waals surface area contributed by atoms with E-state index in [1.54, 1.807) is 6.07 Å². The van der Waals surface area contributed by atoms with E-state index in [9.17, 15) is 10.1 Å². The molecule has 0 atom stereocenters. The maximum absolute atomic E-state index is 10.3. The van der Waals surface area contributed by atoms with Gasteiger partial charge in [-0.05, 0) is 15.9 Å². The zero-order valence-corrected chi connectivity index (χ0v) is 7.33. The van der Waals surface area contributed by atoms with Crippen LogP contribution in [0.4, 0.5) is 5.69 Å². The molecule has 0 bridgehead atoms. The topological polar surface area (TPSA) is 66.9 Å². The fraction of sp³-hybridized carbons (Fsp3) is 0. The first-order valence-electron chi connectivity index (χ1n) is 2.91. The molecule has 59 valence electrons. The molecule has 1 aromatic rings. The number of rotatable bonds is 1. The van der Waals surface area contributed by atoms with Crippen LogP contribution in [0.1, 0.15) is 5.56 Å². The van der Waals surface area contributed by atoms with E-state index in [0.29, 0.717) is 4.47 Å². The standard InChI is InChI=1S/C7H2BrN2O2/c8-6-1-5(4-9)2-7(3-6)10(11)12/h2-3H. The monoisotopic (exact) mass is 225 g/mol. The van der Waals surface area contributed by atoms with Crippen LogP contribution in [0.5, 0.6) is 0 Å². The van der Waals surface area contributed by atoms with Crippen LogP contribution in [0.15, 0.2) is 16.6 Å². The zero-order valence-electron chi connectivity index (χ0n) is 5.74. The van der Waals surface area contributed by atoms with Crippen LogP contribution in [0.3, 0.4) is 0 Å². The fourth-order valence-electron chi connectivity index (χ4n) is 0.686. The smallest absolute Gasteiger partial charge is 0.258 e. The van der Waals surface area contributed by atoms with Crippen molar-refractivity contribution in [1.29, 1.82) is 5.26 Å². The molecule has 0 fully saturated rings. The van der Waals surface area contributed by atoms with Crippen molar-refractivity contribution in [3.8, 4) is 6.07 Å². The molecule has 1 rings (SSSR count). The van der Waals surface area contributed by atoms with Gasteiger partial charge in [0.1, 0.15) is 6.07 Å². The maximum Gasteiger partial charge on any atom is 0.271 e. The lowest BCUT2D eigenvalue weighted by Crippen LogP contribution is -1.88. The van der Waals surface area contributed by atoms with Gasteiger partial charge in [0.15, 0.2) is 0 Å². The number of halogens is 1. The van der Waals surface area contributed by atoms with E-state index in [-0.39, 0.29) is 11.3 Å². The molecule has 0 spiro atoms. The van der Waals surface area contributed by atoms with Gasteiger partial charge in [-0.25, -0.2) is 0 Å². The quantitative estimate of drug-likeness (QED) is 0.543. The third-order valence-electron chi connectivity index (χ3n) is 1.15. The fourth-order valence-corrected chi connectivity index (χ4v) is 1.13. The summed E-state index contributed by atoms with van der Waals surface area (Å²) in [5, 5.41) is 18.7. The van der Waals surface area contributed by atoms with Crippen LogP contribution >= 0.6 is 15.9 Å². The molecule has 0 aromatic heterocycles. The molecule has 0 heterocycles. The summed E-state index contributed by atoms with van der Waals surface area (Å²) in [5.74, 6) is 0. The number of benzene rings is 1. The molecule has 1 radical (unpaired) electrons. The highest BCUT2D eigenvalue weighted by molar-refractivity contribution is 9.10. The van der Waals surface area contributed by atoms with Gasteiger partial charge < -0.3 is 0 Å². The number of nitriles is 1. The Hall–Kier alpha value is -1.41. The molecule has 4 nitrogen and oxygen atoms in total. The van der Waals surface area contributed by atoms with Crippen molar-refractivity contribution < 1.29 is 4.92 Å². The Kier molecular flexibility index (Phi) is 2.41. The van der Waals surface area contributed by atoms with Crippen molar-refractivity contribution in [2.24, 2.45) is 0 Å². The van der Waals surface area contributed by atoms with Gasteiger partial charge in [0.25, 0.3) is 5.69 Å². The van der Waals surface area contributed by atoms with Gasteiger partial charge in [-0.15, -0.1) is 0 Å². The van der Waals surface area contributed by atoms with Crippen molar-refractivity contribution in [1.82, 2.24) is 0 Å². The average Bonchev–Trinajstić information content (AvgIpc) is 2.03. The van der Waals surface area contributed by atoms with E-state index in [1.165, 1.54) is 12.1 Å². The summed E-state index contributed by atoms with van der Waals surface area (Å²) in [6.07, 6.45) is 0. The summed E-state index contributed by atoms with van der Waals surface area (Å²) in [4.78, 5) is 9.73. The predicted molar refractivity (Wildman–Crippen MR) is 44.3 cm³/mol. The Bertz CT molecular complexity index is 370. The van der Waals surface area contributed by atoms with E-state index in [0.717, 1.165) is 0 Å². The number of nitro groups is 1. The number of hydrogen-bond acceptors (Lipinski definition) is 3. The SMILES string of the molecule is N#Cc1[c]c(Br)cc([N+](=O)[O-])c1. The zero-order chi connectivity index (χ0) is 9.14. The van der Waals surface area contributed by atoms with Gasteiger partial charge in [-0.1, -0.05) is 0 Å². The van der Waals surface area contributed by atoms with E-state index < -0.39 is 4.92 Å². The van der Waals surface area contributed by atoms with Crippen LogP contribution in [0, 0.1) is 27.5 Å². The molecular formula is C7H2BrN2O2. The molecule has 0 aliphatic rings. The molecule has 12 heavy (non-hydrogen) atoms. The highest BCUT2D eigenvalue weighted by atomic mass is 79.9. The molecule has 0 saturated heterocycles. The highest BCUT2D eigenvalue weighted by Crippen LogP contribution is 2.19. The van der Waals surface area contributed by atoms with Crippen LogP contribution < -0.4 is 0 Å². The third kappa shape index (κ3) is 1.80. The number of hydrogen-bond donors (Lipinski definition) is 0. The van der Waals surface area contributed by atoms with Crippen LogP contribution in [0.2, 0.25) is 0 Å². The van der Waals surface area contributed by atoms with E-state index in [2.05, 4.69) is 22.0 Å². The summed E-state index contributed by atoms with van der Waals surface area (Å²) in [7, 11) is 0. The Labute approximate surface area is 76.7 Å². The number of non-ortho nitro benzene ring substituents is 1. The van der Waals surface area contributed by atoms with E-state index in [4.69, 9.17) is 5.26 Å². The first kappa shape index (κ1) is 8.68. The van der Waals surface area contributed by atoms with Crippen LogP contribution in [0.25, 0.3) is 0 Å². The summed E-state index contributed by atoms with van der Waals surface area (Å²) >= 11 is 3.01. The lowest BCUT2D eigenvalue weighted by Gasteiger charge is -1.92. The first-order chi connectivity index (χ1) is 5.63. The minimum absolute atomic E-state index is 0.114. The molecule has 0 aliphatic heterocycles. The summed E-state index contributed by atoms with van der Waals surface area (Å²) in [6.45, 7) is 0. The Balaban J connectivity index is 3.26. The second kappa shape index (κ2) is 3.32. The van der Waals surface area contributed by atoms with Gasteiger partial charge >= 0.3 is 0 Å². The predicted octanol–water partition coefficient (Wildman–Crippen LogP) is 2.03. The minimum atomic E-state index is -0.556. The third-order valence-corrected chi connectivity index (χ3v) is 1.58. The summed E-state index contributed by atoms with van der Waals surface area (Å²) in [6, 6.07) is 6.84. The molecule has 0 unspecified atom stereocenters. The highest BCUT2D eigenvalue weighted by Gasteiger charge is 2.07. The maximum atomic E-state index is 10.3. The van der Waals surface area contributed by atoms with E-state index in [1.807, 2.05) is 0 Å². The molecule has 0 amide bonds. The van der Waals surface area contributed by atoms with Crippen molar-refractivity contribution >= 4 is 21.6 Å². The lowest BCUT2D eigenvalue weighted by atomic mass is 10.2. The largest absolute Gasteiger partial charge is 0.271 e. The Morgan fingerprint density at radius 3 is 2.83 bits per heavy atom. The lowest BCUT2D eigenvalue weighted by molar-refractivity contribution is -0.385. The van der Waals surface area contributed by atoms with Gasteiger partial charge in [-0.2, -0.15) is 5.26 Å². The summed E-state index contributed by atoms with van der Waals surface area (Å²) in [5.41, 5.74) is 0.0354. The molecule has 0 saturated carbocycles. The van der Waals surface area contributed by atoms with Crippen molar-refractivity contribution in [2.75, 3.05) is 0 Å². The second-order valence-corrected chi connectivity index (χ2v) is 2.82. The molecule has 0 aliphatic carbocycles. The number of nitro benzene ring substituents is 1. The van der Waals surface area contributed by atoms with Gasteiger partial charge in [0.2, 0.25) is 0 Å². The van der Waals surface area contributed by atoms with Gasteiger partial charge in [0.05, 0.1) is 10.5 Å². The average molecular weight is 226 g/mol. The second-order valence-electron chi connectivity index (χ2n) is 1.97. The Morgan fingerprint density at radius 1 is 1.67 bits per heavy atom. The van der Waals surface area contributed by atoms with Crippen molar-refractivity contribution in [3.63, 3.8) is 0 Å². The minimum Gasteiger partial charge on any atom is -0.258 e. The summed E-state index contributed by atoms with van der Waals surface area (Å²) < 4.78 is 0.410.